The molecule has 60 heavy (non-hydrogen) atoms. The molecule has 1 aliphatic carbocycles. The minimum absolute atomic E-state index is 0.634. The number of nitrogens with zero attached hydrogens (tertiary/aromatic N) is 5. The molecule has 3 heterocycles. The number of hydrogen-bond donors (Lipinski definition) is 0. The van der Waals surface area contributed by atoms with Crippen molar-refractivity contribution >= 4 is 54.4 Å². The van der Waals surface area contributed by atoms with Crippen molar-refractivity contribution in [1.82, 2.24) is 24.1 Å². The van der Waals surface area contributed by atoms with Crippen LogP contribution in [-0.2, 0) is 0 Å². The van der Waals surface area contributed by atoms with E-state index < -0.39 is 0 Å². The Morgan fingerprint density at radius 2 is 0.783 bits per heavy atom. The van der Waals surface area contributed by atoms with Crippen LogP contribution >= 0.6 is 0 Å². The molecule has 0 saturated heterocycles. The van der Waals surface area contributed by atoms with Gasteiger partial charge in [0.2, 0.25) is 0 Å². The molecule has 0 saturated carbocycles. The molecule has 1 aliphatic rings. The Bertz CT molecular complexity index is 3620. The number of hydrogen-bond acceptors (Lipinski definition) is 3. The third kappa shape index (κ3) is 4.71. The lowest BCUT2D eigenvalue weighted by Gasteiger charge is -2.15. The Balaban J connectivity index is 1.11. The molecule has 0 N–H and O–H groups in total. The largest absolute Gasteiger partial charge is 0.309 e. The summed E-state index contributed by atoms with van der Waals surface area (Å²) in [5.74, 6) is 1.93. The van der Waals surface area contributed by atoms with E-state index in [9.17, 15) is 0 Å². The van der Waals surface area contributed by atoms with Gasteiger partial charge in [-0.1, -0.05) is 146 Å². The highest BCUT2D eigenvalue weighted by atomic mass is 15.0. The van der Waals surface area contributed by atoms with E-state index in [1.807, 2.05) is 60.7 Å². The average Bonchev–Trinajstić information content (AvgIpc) is 3.79. The zero-order chi connectivity index (χ0) is 39.3. The minimum atomic E-state index is 0.634. The third-order valence-corrected chi connectivity index (χ3v) is 12.3. The fourth-order valence-corrected chi connectivity index (χ4v) is 9.76. The predicted molar refractivity (Wildman–Crippen MR) is 247 cm³/mol. The maximum Gasteiger partial charge on any atom is 0.164 e. The normalized spacial score (nSPS) is 12.0. The summed E-state index contributed by atoms with van der Waals surface area (Å²) >= 11 is 0. The van der Waals surface area contributed by atoms with E-state index in [0.717, 1.165) is 33.6 Å². The van der Waals surface area contributed by atoms with Crippen molar-refractivity contribution in [2.24, 2.45) is 0 Å². The van der Waals surface area contributed by atoms with Crippen molar-refractivity contribution < 1.29 is 0 Å². The van der Waals surface area contributed by atoms with Gasteiger partial charge in [0.05, 0.1) is 22.1 Å². The molecule has 0 fully saturated rings. The monoisotopic (exact) mass is 763 g/mol. The fourth-order valence-electron chi connectivity index (χ4n) is 9.76. The second kappa shape index (κ2) is 12.7. The van der Waals surface area contributed by atoms with Crippen molar-refractivity contribution in [3.63, 3.8) is 0 Å². The fraction of sp³-hybridized carbons (Fsp3) is 0. The number of para-hydroxylation sites is 2. The molecule has 12 aromatic rings. The summed E-state index contributed by atoms with van der Waals surface area (Å²) in [6.07, 6.45) is 0. The van der Waals surface area contributed by atoms with Crippen molar-refractivity contribution in [2.45, 2.75) is 0 Å². The summed E-state index contributed by atoms with van der Waals surface area (Å²) in [5, 5.41) is 7.60. The van der Waals surface area contributed by atoms with E-state index >= 15 is 0 Å². The highest BCUT2D eigenvalue weighted by Gasteiger charge is 2.29. The summed E-state index contributed by atoms with van der Waals surface area (Å²) in [4.78, 5) is 15.0. The lowest BCUT2D eigenvalue weighted by molar-refractivity contribution is 1.07. The van der Waals surface area contributed by atoms with Crippen LogP contribution in [0.25, 0.3) is 122 Å². The second-order valence-electron chi connectivity index (χ2n) is 15.6. The highest BCUT2D eigenvalue weighted by molar-refractivity contribution is 6.34. The van der Waals surface area contributed by atoms with E-state index in [1.165, 1.54) is 71.1 Å². The van der Waals surface area contributed by atoms with Crippen LogP contribution in [0.1, 0.15) is 0 Å². The Morgan fingerprint density at radius 3 is 1.45 bits per heavy atom. The molecular formula is C55H33N5. The first-order valence-corrected chi connectivity index (χ1v) is 20.4. The van der Waals surface area contributed by atoms with Crippen LogP contribution in [-0.4, -0.2) is 24.1 Å². The molecule has 0 spiro atoms. The summed E-state index contributed by atoms with van der Waals surface area (Å²) in [6.45, 7) is 0. The highest BCUT2D eigenvalue weighted by Crippen LogP contribution is 2.53. The second-order valence-corrected chi connectivity index (χ2v) is 15.6. The number of aromatic nitrogens is 5. The molecular weight excluding hydrogens is 731 g/mol. The van der Waals surface area contributed by atoms with E-state index in [0.29, 0.717) is 17.5 Å². The number of rotatable bonds is 5. The van der Waals surface area contributed by atoms with Crippen LogP contribution in [0.5, 0.6) is 0 Å². The molecule has 0 radical (unpaired) electrons. The summed E-state index contributed by atoms with van der Waals surface area (Å²) in [6, 6.07) is 71.5. The Kier molecular flexibility index (Phi) is 6.95. The van der Waals surface area contributed by atoms with E-state index in [4.69, 9.17) is 15.0 Å². The molecule has 0 unspecified atom stereocenters. The van der Waals surface area contributed by atoms with Gasteiger partial charge in [0.1, 0.15) is 0 Å². The van der Waals surface area contributed by atoms with Crippen molar-refractivity contribution in [3.8, 4) is 67.8 Å². The molecule has 278 valence electrons. The lowest BCUT2D eigenvalue weighted by atomic mass is 9.91. The topological polar surface area (TPSA) is 48.5 Å². The predicted octanol–water partition coefficient (Wildman–Crippen LogP) is 13.9. The molecule has 0 bridgehead atoms. The maximum atomic E-state index is 5.04. The van der Waals surface area contributed by atoms with E-state index in [2.05, 4.69) is 149 Å². The first-order chi connectivity index (χ1) is 29.8. The van der Waals surface area contributed by atoms with Gasteiger partial charge in [-0.05, 0) is 82.1 Å². The van der Waals surface area contributed by atoms with Crippen LogP contribution in [0.3, 0.4) is 0 Å². The molecule has 9 aromatic carbocycles. The number of benzene rings is 9. The van der Waals surface area contributed by atoms with Crippen molar-refractivity contribution in [2.75, 3.05) is 0 Å². The van der Waals surface area contributed by atoms with Gasteiger partial charge in [-0.25, -0.2) is 15.0 Å². The molecule has 0 atom stereocenters. The summed E-state index contributed by atoms with van der Waals surface area (Å²) in [7, 11) is 0. The Labute approximate surface area is 345 Å². The third-order valence-electron chi connectivity index (χ3n) is 12.3. The molecule has 0 aliphatic heterocycles. The van der Waals surface area contributed by atoms with Gasteiger partial charge in [0.15, 0.2) is 17.5 Å². The molecule has 5 nitrogen and oxygen atoms in total. The molecule has 0 amide bonds. The standard InChI is InChI=1S/C55H33N5/c1-4-15-35(16-5-1)53-56-54(36-17-6-2-7-18-36)58-55(57-53)37-29-31-39(32-30-37)60-45-28-14-25-41-40-24-12-19-34-20-13-26-43(48(34)40)51-50-42-23-10-11-27-44(42)59(38-21-8-3-9-22-38)46(50)33-47(60)52(51)49(41)45/h1-33H. The zero-order valence-corrected chi connectivity index (χ0v) is 32.3. The Morgan fingerprint density at radius 1 is 0.300 bits per heavy atom. The maximum absolute atomic E-state index is 5.04. The smallest absolute Gasteiger partial charge is 0.164 e. The van der Waals surface area contributed by atoms with Gasteiger partial charge in [-0.15, -0.1) is 0 Å². The number of fused-ring (bicyclic) bond motifs is 6. The van der Waals surface area contributed by atoms with Crippen LogP contribution in [0.4, 0.5) is 0 Å². The van der Waals surface area contributed by atoms with Gasteiger partial charge < -0.3 is 9.13 Å². The summed E-state index contributed by atoms with van der Waals surface area (Å²) in [5.41, 5.74) is 14.8. The zero-order valence-electron chi connectivity index (χ0n) is 32.3. The van der Waals surface area contributed by atoms with Gasteiger partial charge >= 0.3 is 0 Å². The molecule has 3 aromatic heterocycles. The van der Waals surface area contributed by atoms with Gasteiger partial charge in [-0.3, -0.25) is 0 Å². The quantitative estimate of drug-likeness (QED) is 0.175. The average molecular weight is 764 g/mol. The first-order valence-electron chi connectivity index (χ1n) is 20.4. The van der Waals surface area contributed by atoms with Crippen LogP contribution in [0.15, 0.2) is 200 Å². The first kappa shape index (κ1) is 32.9. The molecule has 5 heteroatoms. The van der Waals surface area contributed by atoms with Crippen molar-refractivity contribution in [1.29, 1.82) is 0 Å². The Hall–Kier alpha value is -8.15. The van der Waals surface area contributed by atoms with Gasteiger partial charge in [-0.2, -0.15) is 0 Å². The van der Waals surface area contributed by atoms with Gasteiger partial charge in [0, 0.05) is 55.2 Å². The van der Waals surface area contributed by atoms with Crippen LogP contribution in [0, 0.1) is 0 Å². The SMILES string of the molecule is c1ccc(-c2nc(-c3ccccc3)nc(-c3ccc(-n4c5cccc6c5c5c(c7c8ccccc8n(-c8ccccc8)c7cc54)-c4cccc5cccc-6c45)cc3)n2)cc1. The minimum Gasteiger partial charge on any atom is -0.309 e. The van der Waals surface area contributed by atoms with Crippen LogP contribution in [0.2, 0.25) is 0 Å². The van der Waals surface area contributed by atoms with E-state index in [-0.39, 0.29) is 0 Å². The molecule has 13 rings (SSSR count). The van der Waals surface area contributed by atoms with Crippen molar-refractivity contribution in [3.05, 3.63) is 200 Å². The van der Waals surface area contributed by atoms with Gasteiger partial charge in [0.25, 0.3) is 0 Å². The van der Waals surface area contributed by atoms with E-state index in [1.54, 1.807) is 0 Å². The summed E-state index contributed by atoms with van der Waals surface area (Å²) < 4.78 is 4.90. The van der Waals surface area contributed by atoms with Crippen LogP contribution < -0.4 is 0 Å². The lowest BCUT2D eigenvalue weighted by Crippen LogP contribution is -2.00.